The predicted molar refractivity (Wildman–Crippen MR) is 102 cm³/mol. The number of hydrogen-bond acceptors (Lipinski definition) is 3. The first-order chi connectivity index (χ1) is 13.7. The van der Waals surface area contributed by atoms with Gasteiger partial charge in [-0.3, -0.25) is 9.59 Å². The van der Waals surface area contributed by atoms with Crippen molar-refractivity contribution in [2.24, 2.45) is 5.92 Å². The molecule has 154 valence electrons. The van der Waals surface area contributed by atoms with Crippen LogP contribution in [0.2, 0.25) is 0 Å². The summed E-state index contributed by atoms with van der Waals surface area (Å²) in [4.78, 5) is 25.7. The SMILES string of the molecule is CC(=O)N1CCCC(C(=O)Nc2cccc(Oc3cccc(C(F)(F)F)c3)c2)C1. The van der Waals surface area contributed by atoms with E-state index in [4.69, 9.17) is 4.74 Å². The number of rotatable bonds is 4. The van der Waals surface area contributed by atoms with Crippen LogP contribution in [0.1, 0.15) is 25.3 Å². The van der Waals surface area contributed by atoms with E-state index in [1.54, 1.807) is 29.2 Å². The van der Waals surface area contributed by atoms with Crippen LogP contribution in [-0.2, 0) is 15.8 Å². The summed E-state index contributed by atoms with van der Waals surface area (Å²) in [5.41, 5.74) is -0.328. The normalized spacial score (nSPS) is 17.0. The van der Waals surface area contributed by atoms with Crippen molar-refractivity contribution in [2.45, 2.75) is 25.9 Å². The molecule has 1 atom stereocenters. The Morgan fingerprint density at radius 3 is 2.48 bits per heavy atom. The molecule has 29 heavy (non-hydrogen) atoms. The van der Waals surface area contributed by atoms with Gasteiger partial charge in [0.15, 0.2) is 0 Å². The first-order valence-electron chi connectivity index (χ1n) is 9.24. The van der Waals surface area contributed by atoms with Crippen LogP contribution in [0, 0.1) is 5.92 Å². The minimum absolute atomic E-state index is 0.0488. The second-order valence-corrected chi connectivity index (χ2v) is 6.95. The van der Waals surface area contributed by atoms with Gasteiger partial charge in [-0.2, -0.15) is 13.2 Å². The number of likely N-dealkylation sites (tertiary alicyclic amines) is 1. The van der Waals surface area contributed by atoms with Crippen molar-refractivity contribution in [3.63, 3.8) is 0 Å². The molecule has 0 spiro atoms. The third-order valence-corrected chi connectivity index (χ3v) is 4.74. The minimum atomic E-state index is -4.46. The molecule has 1 N–H and O–H groups in total. The monoisotopic (exact) mass is 406 g/mol. The smallest absolute Gasteiger partial charge is 0.416 e. The lowest BCUT2D eigenvalue weighted by Crippen LogP contribution is -2.42. The lowest BCUT2D eigenvalue weighted by atomic mass is 9.97. The molecule has 5 nitrogen and oxygen atoms in total. The van der Waals surface area contributed by atoms with Crippen LogP contribution in [0.5, 0.6) is 11.5 Å². The maximum Gasteiger partial charge on any atom is 0.416 e. The molecule has 1 aliphatic rings. The van der Waals surface area contributed by atoms with Crippen LogP contribution in [0.15, 0.2) is 48.5 Å². The second-order valence-electron chi connectivity index (χ2n) is 6.95. The Morgan fingerprint density at radius 2 is 1.79 bits per heavy atom. The quantitative estimate of drug-likeness (QED) is 0.801. The van der Waals surface area contributed by atoms with Gasteiger partial charge in [0, 0.05) is 31.8 Å². The largest absolute Gasteiger partial charge is 0.457 e. The summed E-state index contributed by atoms with van der Waals surface area (Å²) < 4.78 is 44.0. The molecule has 2 aromatic carbocycles. The van der Waals surface area contributed by atoms with Gasteiger partial charge in [-0.25, -0.2) is 0 Å². The molecule has 0 aromatic heterocycles. The van der Waals surface area contributed by atoms with E-state index in [0.29, 0.717) is 30.9 Å². The van der Waals surface area contributed by atoms with Crippen molar-refractivity contribution >= 4 is 17.5 Å². The zero-order valence-electron chi connectivity index (χ0n) is 15.8. The van der Waals surface area contributed by atoms with E-state index in [1.807, 2.05) is 0 Å². The van der Waals surface area contributed by atoms with Crippen molar-refractivity contribution in [2.75, 3.05) is 18.4 Å². The molecule has 0 bridgehead atoms. The maximum atomic E-state index is 12.8. The van der Waals surface area contributed by atoms with Crippen LogP contribution in [0.25, 0.3) is 0 Å². The van der Waals surface area contributed by atoms with Crippen molar-refractivity contribution in [1.29, 1.82) is 0 Å². The van der Waals surface area contributed by atoms with E-state index in [2.05, 4.69) is 5.32 Å². The summed E-state index contributed by atoms with van der Waals surface area (Å²) >= 11 is 0. The van der Waals surface area contributed by atoms with E-state index < -0.39 is 11.7 Å². The summed E-state index contributed by atoms with van der Waals surface area (Å²) in [5.74, 6) is -0.212. The number of benzene rings is 2. The van der Waals surface area contributed by atoms with Crippen molar-refractivity contribution in [3.05, 3.63) is 54.1 Å². The van der Waals surface area contributed by atoms with Gasteiger partial charge in [-0.05, 0) is 43.2 Å². The van der Waals surface area contributed by atoms with Crippen LogP contribution in [0.4, 0.5) is 18.9 Å². The first-order valence-corrected chi connectivity index (χ1v) is 9.24. The van der Waals surface area contributed by atoms with E-state index in [0.717, 1.165) is 18.6 Å². The third kappa shape index (κ3) is 5.49. The lowest BCUT2D eigenvalue weighted by Gasteiger charge is -2.31. The Morgan fingerprint density at radius 1 is 1.10 bits per heavy atom. The highest BCUT2D eigenvalue weighted by atomic mass is 19.4. The van der Waals surface area contributed by atoms with Gasteiger partial charge in [-0.15, -0.1) is 0 Å². The molecule has 8 heteroatoms. The number of anilines is 1. The highest BCUT2D eigenvalue weighted by Gasteiger charge is 2.30. The number of piperidine rings is 1. The fraction of sp³-hybridized carbons (Fsp3) is 0.333. The number of hydrogen-bond donors (Lipinski definition) is 1. The summed E-state index contributed by atoms with van der Waals surface area (Å²) in [7, 11) is 0. The highest BCUT2D eigenvalue weighted by Crippen LogP contribution is 2.33. The average molecular weight is 406 g/mol. The minimum Gasteiger partial charge on any atom is -0.457 e. The van der Waals surface area contributed by atoms with Crippen LogP contribution < -0.4 is 10.1 Å². The summed E-state index contributed by atoms with van der Waals surface area (Å²) in [5, 5.41) is 2.80. The molecular formula is C21H21F3N2O3. The van der Waals surface area contributed by atoms with Gasteiger partial charge in [0.25, 0.3) is 0 Å². The Kier molecular flexibility index (Phi) is 6.10. The van der Waals surface area contributed by atoms with Crippen molar-refractivity contribution in [1.82, 2.24) is 4.90 Å². The molecule has 2 amide bonds. The number of carbonyl (C=O) groups is 2. The van der Waals surface area contributed by atoms with Crippen LogP contribution in [-0.4, -0.2) is 29.8 Å². The highest BCUT2D eigenvalue weighted by molar-refractivity contribution is 5.93. The van der Waals surface area contributed by atoms with Gasteiger partial charge < -0.3 is 15.0 Å². The zero-order valence-corrected chi connectivity index (χ0v) is 15.8. The average Bonchev–Trinajstić information content (AvgIpc) is 2.68. The van der Waals surface area contributed by atoms with E-state index >= 15 is 0 Å². The Balaban J connectivity index is 1.67. The Hall–Kier alpha value is -3.03. The molecule has 0 radical (unpaired) electrons. The lowest BCUT2D eigenvalue weighted by molar-refractivity contribution is -0.137. The molecule has 2 aromatic rings. The number of halogens is 3. The van der Waals surface area contributed by atoms with E-state index in [-0.39, 0.29) is 23.5 Å². The number of nitrogens with zero attached hydrogens (tertiary/aromatic N) is 1. The maximum absolute atomic E-state index is 12.8. The topological polar surface area (TPSA) is 58.6 Å². The summed E-state index contributed by atoms with van der Waals surface area (Å²) in [6, 6.07) is 11.0. The number of nitrogens with one attached hydrogen (secondary N) is 1. The Bertz CT molecular complexity index is 899. The van der Waals surface area contributed by atoms with Gasteiger partial charge >= 0.3 is 6.18 Å². The number of carbonyl (C=O) groups excluding carboxylic acids is 2. The van der Waals surface area contributed by atoms with Crippen molar-refractivity contribution in [3.8, 4) is 11.5 Å². The van der Waals surface area contributed by atoms with Crippen molar-refractivity contribution < 1.29 is 27.5 Å². The van der Waals surface area contributed by atoms with Crippen LogP contribution in [0.3, 0.4) is 0 Å². The molecule has 0 aliphatic carbocycles. The number of ether oxygens (including phenoxy) is 1. The molecule has 1 saturated heterocycles. The third-order valence-electron chi connectivity index (χ3n) is 4.74. The number of alkyl halides is 3. The second kappa shape index (κ2) is 8.55. The summed E-state index contributed by atoms with van der Waals surface area (Å²) in [6.45, 7) is 2.51. The van der Waals surface area contributed by atoms with Crippen LogP contribution >= 0.6 is 0 Å². The van der Waals surface area contributed by atoms with Gasteiger partial charge in [-0.1, -0.05) is 12.1 Å². The van der Waals surface area contributed by atoms with E-state index in [1.165, 1.54) is 19.1 Å². The van der Waals surface area contributed by atoms with Gasteiger partial charge in [0.2, 0.25) is 11.8 Å². The fourth-order valence-electron chi connectivity index (χ4n) is 3.23. The first kappa shape index (κ1) is 20.7. The van der Waals surface area contributed by atoms with Gasteiger partial charge in [0.1, 0.15) is 11.5 Å². The Labute approximate surface area is 166 Å². The zero-order chi connectivity index (χ0) is 21.0. The molecule has 1 aliphatic heterocycles. The van der Waals surface area contributed by atoms with Gasteiger partial charge in [0.05, 0.1) is 11.5 Å². The molecule has 1 unspecified atom stereocenters. The molecule has 3 rings (SSSR count). The standard InChI is InChI=1S/C21H21F3N2O3/c1-14(27)26-10-4-5-15(13-26)20(28)25-17-7-3-9-19(12-17)29-18-8-2-6-16(11-18)21(22,23)24/h2-3,6-9,11-12,15H,4-5,10,13H2,1H3,(H,25,28). The predicted octanol–water partition coefficient (Wildman–Crippen LogP) is 4.69. The molecule has 0 saturated carbocycles. The molecule has 1 fully saturated rings. The fourth-order valence-corrected chi connectivity index (χ4v) is 3.23. The number of amides is 2. The molecular weight excluding hydrogens is 385 g/mol. The molecule has 1 heterocycles. The summed E-state index contributed by atoms with van der Waals surface area (Å²) in [6.07, 6.45) is -3.00. The van der Waals surface area contributed by atoms with E-state index in [9.17, 15) is 22.8 Å².